The fourth-order valence-corrected chi connectivity index (χ4v) is 1.46. The van der Waals surface area contributed by atoms with Gasteiger partial charge in [0, 0.05) is 0 Å². The third-order valence-electron chi connectivity index (χ3n) is 2.44. The van der Waals surface area contributed by atoms with E-state index in [0.717, 1.165) is 6.07 Å². The number of nitrogens with two attached hydrogens (primary N) is 1. The molecular formula is C12H16F3N. The van der Waals surface area contributed by atoms with Crippen LogP contribution in [0.25, 0.3) is 0 Å². The summed E-state index contributed by atoms with van der Waals surface area (Å²) in [4.78, 5) is 0. The Morgan fingerprint density at radius 3 is 2.38 bits per heavy atom. The molecule has 0 aliphatic rings. The normalized spacial score (nSPS) is 11.9. The van der Waals surface area contributed by atoms with Gasteiger partial charge in [0.15, 0.2) is 11.6 Å². The molecule has 16 heavy (non-hydrogen) atoms. The lowest BCUT2D eigenvalue weighted by Gasteiger charge is -2.16. The number of halogens is 3. The number of aryl methyl sites for hydroxylation is 1. The summed E-state index contributed by atoms with van der Waals surface area (Å²) in [6, 6.07) is 2.27. The Bertz CT molecular complexity index is 369. The van der Waals surface area contributed by atoms with Crippen LogP contribution in [0, 0.1) is 11.6 Å². The molecule has 2 N–H and O–H groups in total. The number of rotatable bonds is 4. The molecule has 0 radical (unpaired) electrons. The van der Waals surface area contributed by atoms with Crippen molar-refractivity contribution in [3.05, 3.63) is 34.9 Å². The average Bonchev–Trinajstić information content (AvgIpc) is 2.18. The maximum atomic E-state index is 13.6. The third-order valence-corrected chi connectivity index (χ3v) is 2.44. The fraction of sp³-hybridized carbons (Fsp3) is 0.500. The lowest BCUT2D eigenvalue weighted by atomic mass is 9.96. The van der Waals surface area contributed by atoms with Gasteiger partial charge in [-0.25, -0.2) is 13.2 Å². The molecule has 0 unspecified atom stereocenters. The van der Waals surface area contributed by atoms with Gasteiger partial charge in [0.25, 0.3) is 0 Å². The summed E-state index contributed by atoms with van der Waals surface area (Å²) < 4.78 is 40.2. The van der Waals surface area contributed by atoms with Crippen molar-refractivity contribution < 1.29 is 13.2 Å². The van der Waals surface area contributed by atoms with Gasteiger partial charge < -0.3 is 5.73 Å². The summed E-state index contributed by atoms with van der Waals surface area (Å²) in [7, 11) is 0. The molecule has 0 atom stereocenters. The molecule has 1 nitrogen and oxygen atoms in total. The number of hydrogen-bond donors (Lipinski definition) is 1. The van der Waals surface area contributed by atoms with Crippen molar-refractivity contribution in [1.29, 1.82) is 0 Å². The fourth-order valence-electron chi connectivity index (χ4n) is 1.46. The van der Waals surface area contributed by atoms with Crippen molar-refractivity contribution in [3.63, 3.8) is 0 Å². The van der Waals surface area contributed by atoms with E-state index >= 15 is 0 Å². The lowest BCUT2D eigenvalue weighted by molar-refractivity contribution is 0.220. The second-order valence-electron chi connectivity index (χ2n) is 4.30. The van der Waals surface area contributed by atoms with Crippen LogP contribution in [0.5, 0.6) is 0 Å². The molecule has 0 saturated heterocycles. The van der Waals surface area contributed by atoms with Crippen molar-refractivity contribution in [3.8, 4) is 0 Å². The summed E-state index contributed by atoms with van der Waals surface area (Å²) in [5.74, 6) is -1.91. The minimum atomic E-state index is -1.67. The Kier molecular flexibility index (Phi) is 3.97. The van der Waals surface area contributed by atoms with Crippen molar-refractivity contribution in [2.24, 2.45) is 5.73 Å². The summed E-state index contributed by atoms with van der Waals surface area (Å²) >= 11 is 0. The third kappa shape index (κ3) is 2.98. The minimum Gasteiger partial charge on any atom is -0.330 e. The van der Waals surface area contributed by atoms with E-state index in [1.165, 1.54) is 19.9 Å². The number of alkyl halides is 1. The summed E-state index contributed by atoms with van der Waals surface area (Å²) in [5, 5.41) is 0. The first-order valence-electron chi connectivity index (χ1n) is 5.23. The minimum absolute atomic E-state index is 0.151. The van der Waals surface area contributed by atoms with Gasteiger partial charge in [-0.15, -0.1) is 0 Å². The van der Waals surface area contributed by atoms with Gasteiger partial charge in [0.1, 0.15) is 5.67 Å². The molecular weight excluding hydrogens is 215 g/mol. The smallest absolute Gasteiger partial charge is 0.162 e. The monoisotopic (exact) mass is 231 g/mol. The van der Waals surface area contributed by atoms with E-state index < -0.39 is 17.3 Å². The lowest BCUT2D eigenvalue weighted by Crippen LogP contribution is -2.12. The molecule has 0 amide bonds. The topological polar surface area (TPSA) is 26.0 Å². The zero-order valence-electron chi connectivity index (χ0n) is 9.49. The van der Waals surface area contributed by atoms with Crippen molar-refractivity contribution in [1.82, 2.24) is 0 Å². The number of hydrogen-bond acceptors (Lipinski definition) is 1. The van der Waals surface area contributed by atoms with Gasteiger partial charge in [-0.3, -0.25) is 0 Å². The van der Waals surface area contributed by atoms with Gasteiger partial charge >= 0.3 is 0 Å². The molecule has 4 heteroatoms. The van der Waals surface area contributed by atoms with Crippen LogP contribution in [-0.4, -0.2) is 6.54 Å². The van der Waals surface area contributed by atoms with E-state index in [1.807, 2.05) is 0 Å². The second kappa shape index (κ2) is 4.87. The van der Waals surface area contributed by atoms with Gasteiger partial charge in [0.2, 0.25) is 0 Å². The molecule has 0 aliphatic heterocycles. The van der Waals surface area contributed by atoms with Gasteiger partial charge in [-0.1, -0.05) is 0 Å². The van der Waals surface area contributed by atoms with Crippen LogP contribution in [0.2, 0.25) is 0 Å². The maximum Gasteiger partial charge on any atom is 0.162 e. The molecule has 0 bridgehead atoms. The van der Waals surface area contributed by atoms with Gasteiger partial charge in [0.05, 0.1) is 0 Å². The highest BCUT2D eigenvalue weighted by Crippen LogP contribution is 2.28. The van der Waals surface area contributed by atoms with Gasteiger partial charge in [-0.2, -0.15) is 0 Å². The number of benzene rings is 1. The Morgan fingerprint density at radius 2 is 1.88 bits per heavy atom. The van der Waals surface area contributed by atoms with Crippen LogP contribution in [0.15, 0.2) is 12.1 Å². The van der Waals surface area contributed by atoms with Crippen molar-refractivity contribution in [2.45, 2.75) is 32.4 Å². The predicted molar refractivity (Wildman–Crippen MR) is 57.9 cm³/mol. The molecule has 1 aromatic rings. The van der Waals surface area contributed by atoms with E-state index in [0.29, 0.717) is 19.4 Å². The predicted octanol–water partition coefficient (Wildman–Crippen LogP) is 3.06. The molecule has 1 rings (SSSR count). The highest BCUT2D eigenvalue weighted by Gasteiger charge is 2.22. The Hall–Kier alpha value is -1.03. The first-order valence-corrected chi connectivity index (χ1v) is 5.23. The van der Waals surface area contributed by atoms with E-state index in [4.69, 9.17) is 5.73 Å². The van der Waals surface area contributed by atoms with Crippen LogP contribution in [0.1, 0.15) is 31.4 Å². The van der Waals surface area contributed by atoms with E-state index in [9.17, 15) is 13.2 Å². The molecule has 1 aromatic carbocycles. The van der Waals surface area contributed by atoms with Crippen LogP contribution in [0.4, 0.5) is 13.2 Å². The second-order valence-corrected chi connectivity index (χ2v) is 4.30. The molecule has 0 spiro atoms. The molecule has 0 aromatic heterocycles. The van der Waals surface area contributed by atoms with Crippen LogP contribution in [0.3, 0.4) is 0 Å². The van der Waals surface area contributed by atoms with Crippen molar-refractivity contribution in [2.75, 3.05) is 6.54 Å². The van der Waals surface area contributed by atoms with E-state index in [-0.39, 0.29) is 11.1 Å². The van der Waals surface area contributed by atoms with E-state index in [1.54, 1.807) is 0 Å². The zero-order valence-corrected chi connectivity index (χ0v) is 9.49. The first-order chi connectivity index (χ1) is 7.36. The molecule has 0 fully saturated rings. The summed E-state index contributed by atoms with van der Waals surface area (Å²) in [5.41, 5.74) is 3.96. The molecule has 0 saturated carbocycles. The highest BCUT2D eigenvalue weighted by atomic mass is 19.2. The molecule has 90 valence electrons. The summed E-state index contributed by atoms with van der Waals surface area (Å²) in [6.07, 6.45) is 0.871. The average molecular weight is 231 g/mol. The standard InChI is InChI=1S/C12H16F3N/c1-12(2,15)9-6-8(4-3-5-16)11(14)10(13)7-9/h6-7H,3-5,16H2,1-2H3. The molecule has 0 aliphatic carbocycles. The molecule has 0 heterocycles. The van der Waals surface area contributed by atoms with Crippen molar-refractivity contribution >= 4 is 0 Å². The van der Waals surface area contributed by atoms with Crippen LogP contribution >= 0.6 is 0 Å². The van der Waals surface area contributed by atoms with Gasteiger partial charge in [-0.05, 0) is 56.5 Å². The first kappa shape index (κ1) is 13.0. The highest BCUT2D eigenvalue weighted by molar-refractivity contribution is 5.30. The van der Waals surface area contributed by atoms with Crippen LogP contribution in [-0.2, 0) is 12.1 Å². The van der Waals surface area contributed by atoms with Crippen LogP contribution < -0.4 is 5.73 Å². The summed E-state index contributed by atoms with van der Waals surface area (Å²) in [6.45, 7) is 3.02. The SMILES string of the molecule is CC(C)(F)c1cc(F)c(F)c(CCCN)c1. The Balaban J connectivity index is 3.12. The quantitative estimate of drug-likeness (QED) is 0.846. The maximum absolute atomic E-state index is 13.6. The Labute approximate surface area is 93.5 Å². The zero-order chi connectivity index (χ0) is 12.3. The Morgan fingerprint density at radius 1 is 1.25 bits per heavy atom. The van der Waals surface area contributed by atoms with E-state index in [2.05, 4.69) is 0 Å². The largest absolute Gasteiger partial charge is 0.330 e.